The van der Waals surface area contributed by atoms with E-state index in [-0.39, 0.29) is 0 Å². The molecular weight excluding hydrogens is 156 g/mol. The van der Waals surface area contributed by atoms with Gasteiger partial charge in [-0.3, -0.25) is 0 Å². The Bertz CT molecular complexity index is 146. The van der Waals surface area contributed by atoms with E-state index >= 15 is 0 Å². The molecule has 0 aliphatic heterocycles. The van der Waals surface area contributed by atoms with Crippen LogP contribution >= 0.6 is 0 Å². The Hall–Kier alpha value is 0. The van der Waals surface area contributed by atoms with Crippen LogP contribution in [-0.2, 0) is 0 Å². The van der Waals surface area contributed by atoms with Crippen LogP contribution in [0.25, 0.3) is 0 Å². The quantitative estimate of drug-likeness (QED) is 0.554. The van der Waals surface area contributed by atoms with E-state index in [0.29, 0.717) is 5.41 Å². The minimum absolute atomic E-state index is 0.598. The van der Waals surface area contributed by atoms with Gasteiger partial charge >= 0.3 is 0 Å². The first kappa shape index (κ1) is 11.1. The van der Waals surface area contributed by atoms with Gasteiger partial charge in [0.25, 0.3) is 0 Å². The second-order valence-electron chi connectivity index (χ2n) is 5.88. The predicted molar refractivity (Wildman–Crippen MR) is 59.8 cm³/mol. The van der Waals surface area contributed by atoms with E-state index in [1.165, 1.54) is 38.5 Å². The summed E-state index contributed by atoms with van der Waals surface area (Å²) in [6.45, 7) is 9.69. The van der Waals surface area contributed by atoms with Crippen LogP contribution in [0.4, 0.5) is 0 Å². The van der Waals surface area contributed by atoms with Gasteiger partial charge in [-0.05, 0) is 30.1 Å². The van der Waals surface area contributed by atoms with E-state index in [4.69, 9.17) is 0 Å². The monoisotopic (exact) mass is 182 g/mol. The van der Waals surface area contributed by atoms with E-state index in [1.807, 2.05) is 0 Å². The third kappa shape index (κ3) is 3.70. The summed E-state index contributed by atoms with van der Waals surface area (Å²) < 4.78 is 0. The lowest BCUT2D eigenvalue weighted by molar-refractivity contribution is 0.173. The minimum Gasteiger partial charge on any atom is -0.0651 e. The maximum Gasteiger partial charge on any atom is -0.0349 e. The molecule has 1 aliphatic carbocycles. The molecule has 0 bridgehead atoms. The normalized spacial score (nSPS) is 35.1. The van der Waals surface area contributed by atoms with Crippen LogP contribution in [0.2, 0.25) is 0 Å². The van der Waals surface area contributed by atoms with Crippen molar-refractivity contribution in [3.8, 4) is 0 Å². The Balaban J connectivity index is 2.53. The minimum atomic E-state index is 0.598. The third-order valence-electron chi connectivity index (χ3n) is 3.63. The van der Waals surface area contributed by atoms with Gasteiger partial charge in [0.15, 0.2) is 0 Å². The Kier molecular flexibility index (Phi) is 3.82. The number of hydrogen-bond donors (Lipinski definition) is 0. The largest absolute Gasteiger partial charge is 0.0651 e. The lowest BCUT2D eigenvalue weighted by Crippen LogP contribution is -2.22. The molecule has 1 aliphatic rings. The molecule has 0 aromatic rings. The number of rotatable bonds is 1. The third-order valence-corrected chi connectivity index (χ3v) is 3.63. The Morgan fingerprint density at radius 2 is 1.85 bits per heavy atom. The molecule has 0 spiro atoms. The summed E-state index contributed by atoms with van der Waals surface area (Å²) in [4.78, 5) is 0. The standard InChI is InChI=1S/C13H26/c1-5-12-8-6-7-11(2)9-13(3,4)10-12/h11-12H,5-10H2,1-4H3. The van der Waals surface area contributed by atoms with Crippen LogP contribution in [0, 0.1) is 17.3 Å². The molecule has 2 unspecified atom stereocenters. The van der Waals surface area contributed by atoms with Gasteiger partial charge in [-0.2, -0.15) is 0 Å². The van der Waals surface area contributed by atoms with Gasteiger partial charge in [0.05, 0.1) is 0 Å². The molecule has 1 rings (SSSR count). The first-order valence-corrected chi connectivity index (χ1v) is 6.03. The molecule has 0 N–H and O–H groups in total. The molecule has 78 valence electrons. The molecule has 0 heteroatoms. The summed E-state index contributed by atoms with van der Waals surface area (Å²) in [6, 6.07) is 0. The Labute approximate surface area is 84.1 Å². The first-order chi connectivity index (χ1) is 6.03. The van der Waals surface area contributed by atoms with Crippen molar-refractivity contribution in [3.05, 3.63) is 0 Å². The van der Waals surface area contributed by atoms with Gasteiger partial charge in [-0.15, -0.1) is 0 Å². The predicted octanol–water partition coefficient (Wildman–Crippen LogP) is 4.64. The SMILES string of the molecule is CCC1CCCC(C)CC(C)(C)C1. The van der Waals surface area contributed by atoms with Crippen molar-refractivity contribution < 1.29 is 0 Å². The molecule has 13 heavy (non-hydrogen) atoms. The van der Waals surface area contributed by atoms with Gasteiger partial charge in [0, 0.05) is 0 Å². The molecule has 1 fully saturated rings. The topological polar surface area (TPSA) is 0 Å². The molecule has 1 saturated carbocycles. The molecule has 0 aromatic heterocycles. The molecule has 0 amide bonds. The van der Waals surface area contributed by atoms with Gasteiger partial charge in [-0.25, -0.2) is 0 Å². The van der Waals surface area contributed by atoms with Crippen LogP contribution < -0.4 is 0 Å². The zero-order valence-corrected chi connectivity index (χ0v) is 9.90. The van der Waals surface area contributed by atoms with Crippen LogP contribution in [0.15, 0.2) is 0 Å². The number of hydrogen-bond acceptors (Lipinski definition) is 0. The van der Waals surface area contributed by atoms with Crippen molar-refractivity contribution in [2.24, 2.45) is 17.3 Å². The van der Waals surface area contributed by atoms with Crippen LogP contribution in [0.5, 0.6) is 0 Å². The molecule has 0 nitrogen and oxygen atoms in total. The highest BCUT2D eigenvalue weighted by molar-refractivity contribution is 4.78. The Morgan fingerprint density at radius 1 is 1.15 bits per heavy atom. The maximum absolute atomic E-state index is 2.46. The second-order valence-corrected chi connectivity index (χ2v) is 5.88. The van der Waals surface area contributed by atoms with Crippen molar-refractivity contribution >= 4 is 0 Å². The van der Waals surface area contributed by atoms with E-state index < -0.39 is 0 Å². The summed E-state index contributed by atoms with van der Waals surface area (Å²) in [5.41, 5.74) is 0.598. The smallest absolute Gasteiger partial charge is 0.0349 e. The zero-order chi connectivity index (χ0) is 9.90. The van der Waals surface area contributed by atoms with E-state index in [0.717, 1.165) is 11.8 Å². The van der Waals surface area contributed by atoms with Crippen LogP contribution in [0.3, 0.4) is 0 Å². The summed E-state index contributed by atoms with van der Waals surface area (Å²) in [5, 5.41) is 0. The first-order valence-electron chi connectivity index (χ1n) is 6.03. The van der Waals surface area contributed by atoms with Crippen molar-refractivity contribution in [1.82, 2.24) is 0 Å². The molecular formula is C13H26. The van der Waals surface area contributed by atoms with Gasteiger partial charge in [-0.1, -0.05) is 53.4 Å². The lowest BCUT2D eigenvalue weighted by atomic mass is 9.71. The van der Waals surface area contributed by atoms with Crippen molar-refractivity contribution in [2.45, 2.75) is 66.2 Å². The zero-order valence-electron chi connectivity index (χ0n) is 9.90. The average molecular weight is 182 g/mol. The maximum atomic E-state index is 2.46. The summed E-state index contributed by atoms with van der Waals surface area (Å²) in [6.07, 6.45) is 8.68. The van der Waals surface area contributed by atoms with Gasteiger partial charge < -0.3 is 0 Å². The van der Waals surface area contributed by atoms with Crippen LogP contribution in [-0.4, -0.2) is 0 Å². The fraction of sp³-hybridized carbons (Fsp3) is 1.00. The van der Waals surface area contributed by atoms with E-state index in [9.17, 15) is 0 Å². The molecule has 2 atom stereocenters. The summed E-state index contributed by atoms with van der Waals surface area (Å²) >= 11 is 0. The molecule has 0 saturated heterocycles. The van der Waals surface area contributed by atoms with Crippen molar-refractivity contribution in [1.29, 1.82) is 0 Å². The summed E-state index contributed by atoms with van der Waals surface area (Å²) in [5.74, 6) is 1.95. The van der Waals surface area contributed by atoms with Crippen LogP contribution in [0.1, 0.15) is 66.2 Å². The van der Waals surface area contributed by atoms with E-state index in [1.54, 1.807) is 0 Å². The van der Waals surface area contributed by atoms with E-state index in [2.05, 4.69) is 27.7 Å². The van der Waals surface area contributed by atoms with Crippen molar-refractivity contribution in [3.63, 3.8) is 0 Å². The second kappa shape index (κ2) is 4.48. The highest BCUT2D eigenvalue weighted by Crippen LogP contribution is 2.39. The van der Waals surface area contributed by atoms with Gasteiger partial charge in [0.2, 0.25) is 0 Å². The molecule has 0 aromatic carbocycles. The average Bonchev–Trinajstić information content (AvgIpc) is 1.98. The van der Waals surface area contributed by atoms with Gasteiger partial charge in [0.1, 0.15) is 0 Å². The summed E-state index contributed by atoms with van der Waals surface area (Å²) in [7, 11) is 0. The molecule has 0 radical (unpaired) electrons. The Morgan fingerprint density at radius 3 is 2.46 bits per heavy atom. The fourth-order valence-corrected chi connectivity index (χ4v) is 3.12. The highest BCUT2D eigenvalue weighted by Gasteiger charge is 2.26. The highest BCUT2D eigenvalue weighted by atomic mass is 14.3. The molecule has 0 heterocycles. The van der Waals surface area contributed by atoms with Crippen molar-refractivity contribution in [2.75, 3.05) is 0 Å². The lowest BCUT2D eigenvalue weighted by Gasteiger charge is -2.34. The fourth-order valence-electron chi connectivity index (χ4n) is 3.12.